The zero-order valence-electron chi connectivity index (χ0n) is 5.79. The summed E-state index contributed by atoms with van der Waals surface area (Å²) in [6.45, 7) is 0. The highest BCUT2D eigenvalue weighted by molar-refractivity contribution is 5.48. The van der Waals surface area contributed by atoms with Crippen molar-refractivity contribution in [2.24, 2.45) is 0 Å². The molecule has 0 heterocycles. The first-order chi connectivity index (χ1) is 4.86. The number of ether oxygens (including phenoxy) is 1. The standard InChI is InChI=1S/C8H9NO/c1-9-7-4-3-5-8(6-7)10-2/h1,3-6,9H,2H3. The number of rotatable bonds is 2. The van der Waals surface area contributed by atoms with Crippen molar-refractivity contribution in [2.75, 3.05) is 12.4 Å². The van der Waals surface area contributed by atoms with Crippen molar-refractivity contribution < 1.29 is 4.74 Å². The lowest BCUT2D eigenvalue weighted by atomic mass is 10.3. The molecule has 2 heteroatoms. The van der Waals surface area contributed by atoms with E-state index in [4.69, 9.17) is 11.8 Å². The molecular weight excluding hydrogens is 126 g/mol. The van der Waals surface area contributed by atoms with Crippen molar-refractivity contribution in [1.82, 2.24) is 0 Å². The highest BCUT2D eigenvalue weighted by atomic mass is 16.5. The van der Waals surface area contributed by atoms with E-state index in [2.05, 4.69) is 5.32 Å². The van der Waals surface area contributed by atoms with Gasteiger partial charge in [0.1, 0.15) is 5.75 Å². The first kappa shape index (κ1) is 6.93. The quantitative estimate of drug-likeness (QED) is 0.624. The Balaban J connectivity index is 2.87. The minimum absolute atomic E-state index is 0.801. The van der Waals surface area contributed by atoms with Gasteiger partial charge in [-0.15, -0.1) is 0 Å². The third-order valence-electron chi connectivity index (χ3n) is 1.24. The molecule has 0 saturated heterocycles. The van der Waals surface area contributed by atoms with Gasteiger partial charge in [-0.25, -0.2) is 0 Å². The molecule has 10 heavy (non-hydrogen) atoms. The second-order valence-corrected chi connectivity index (χ2v) is 1.88. The topological polar surface area (TPSA) is 21.3 Å². The van der Waals surface area contributed by atoms with Crippen molar-refractivity contribution in [3.63, 3.8) is 0 Å². The van der Waals surface area contributed by atoms with E-state index in [1.165, 1.54) is 0 Å². The molecule has 0 aliphatic carbocycles. The number of anilines is 1. The van der Waals surface area contributed by atoms with Gasteiger partial charge in [0.15, 0.2) is 0 Å². The molecule has 0 bridgehead atoms. The molecule has 52 valence electrons. The Hall–Kier alpha value is -1.18. The van der Waals surface area contributed by atoms with E-state index >= 15 is 0 Å². The van der Waals surface area contributed by atoms with Crippen LogP contribution in [0.4, 0.5) is 5.69 Å². The molecule has 1 rings (SSSR count). The summed E-state index contributed by atoms with van der Waals surface area (Å²) < 4.78 is 4.96. The average Bonchev–Trinajstić information content (AvgIpc) is 2.05. The monoisotopic (exact) mass is 135 g/mol. The normalized spacial score (nSPS) is 9.00. The molecule has 1 N–H and O–H groups in total. The Kier molecular flexibility index (Phi) is 2.15. The summed E-state index contributed by atoms with van der Waals surface area (Å²) in [5, 5.41) is 2.52. The largest absolute Gasteiger partial charge is 0.497 e. The Morgan fingerprint density at radius 3 is 2.90 bits per heavy atom. The second-order valence-electron chi connectivity index (χ2n) is 1.88. The van der Waals surface area contributed by atoms with Crippen LogP contribution in [-0.4, -0.2) is 7.11 Å². The molecule has 0 aliphatic rings. The summed E-state index contributed by atoms with van der Waals surface area (Å²) in [4.78, 5) is 0. The summed E-state index contributed by atoms with van der Waals surface area (Å²) >= 11 is 0. The first-order valence-corrected chi connectivity index (χ1v) is 2.97. The number of methoxy groups -OCH3 is 1. The van der Waals surface area contributed by atoms with E-state index in [-0.39, 0.29) is 0 Å². The summed E-state index contributed by atoms with van der Waals surface area (Å²) in [5.41, 5.74) is 0.847. The number of benzene rings is 1. The van der Waals surface area contributed by atoms with E-state index in [9.17, 15) is 0 Å². The van der Waals surface area contributed by atoms with Gasteiger partial charge >= 0.3 is 0 Å². The molecule has 2 nitrogen and oxygen atoms in total. The fourth-order valence-electron chi connectivity index (χ4n) is 0.713. The zero-order chi connectivity index (χ0) is 7.40. The molecular formula is C8H9NO. The van der Waals surface area contributed by atoms with Gasteiger partial charge in [0.2, 0.25) is 0 Å². The van der Waals surface area contributed by atoms with E-state index in [1.807, 2.05) is 24.3 Å². The van der Waals surface area contributed by atoms with Gasteiger partial charge in [0.25, 0.3) is 0 Å². The molecule has 0 atom stereocenters. The van der Waals surface area contributed by atoms with Crippen molar-refractivity contribution in [3.8, 4) is 5.75 Å². The molecule has 0 spiro atoms. The summed E-state index contributed by atoms with van der Waals surface area (Å²) in [5.74, 6) is 0.801. The van der Waals surface area contributed by atoms with Crippen LogP contribution >= 0.6 is 0 Å². The Bertz CT molecular complexity index is 191. The van der Waals surface area contributed by atoms with E-state index in [1.54, 1.807) is 7.11 Å². The van der Waals surface area contributed by atoms with Crippen LogP contribution in [0.2, 0.25) is 0 Å². The van der Waals surface area contributed by atoms with Gasteiger partial charge in [-0.1, -0.05) is 6.07 Å². The fraction of sp³-hybridized carbons (Fsp3) is 0.125. The molecule has 0 saturated carbocycles. The second kappa shape index (κ2) is 3.11. The summed E-state index contributed by atoms with van der Waals surface area (Å²) in [6, 6.07) is 7.41. The van der Waals surface area contributed by atoms with Crippen LogP contribution in [0, 0.1) is 7.05 Å². The minimum Gasteiger partial charge on any atom is -0.497 e. The lowest BCUT2D eigenvalue weighted by Gasteiger charge is -2.01. The van der Waals surface area contributed by atoms with E-state index in [0.717, 1.165) is 11.4 Å². The molecule has 0 unspecified atom stereocenters. The maximum atomic E-state index is 5.17. The Morgan fingerprint density at radius 1 is 1.50 bits per heavy atom. The lowest BCUT2D eigenvalue weighted by Crippen LogP contribution is -1.86. The van der Waals surface area contributed by atoms with Gasteiger partial charge in [0.05, 0.1) is 14.2 Å². The van der Waals surface area contributed by atoms with Crippen LogP contribution in [0.3, 0.4) is 0 Å². The summed E-state index contributed by atoms with van der Waals surface area (Å²) in [7, 11) is 6.79. The molecule has 0 amide bonds. The van der Waals surface area contributed by atoms with Crippen LogP contribution in [0.5, 0.6) is 5.75 Å². The van der Waals surface area contributed by atoms with Gasteiger partial charge < -0.3 is 10.1 Å². The number of nitrogens with one attached hydrogen (secondary N) is 1. The maximum absolute atomic E-state index is 5.17. The Morgan fingerprint density at radius 2 is 2.30 bits per heavy atom. The highest BCUT2D eigenvalue weighted by Gasteiger charge is 1.90. The van der Waals surface area contributed by atoms with Crippen LogP contribution < -0.4 is 10.1 Å². The van der Waals surface area contributed by atoms with Crippen LogP contribution in [0.1, 0.15) is 0 Å². The Labute approximate surface area is 60.8 Å². The smallest absolute Gasteiger partial charge is 0.120 e. The fourth-order valence-corrected chi connectivity index (χ4v) is 0.713. The molecule has 1 aromatic rings. The maximum Gasteiger partial charge on any atom is 0.120 e. The van der Waals surface area contributed by atoms with E-state index in [0.29, 0.717) is 0 Å². The van der Waals surface area contributed by atoms with Gasteiger partial charge in [-0.05, 0) is 12.1 Å². The predicted molar refractivity (Wildman–Crippen MR) is 40.9 cm³/mol. The number of hydrogen-bond acceptors (Lipinski definition) is 2. The van der Waals surface area contributed by atoms with Gasteiger partial charge in [-0.3, -0.25) is 0 Å². The van der Waals surface area contributed by atoms with Gasteiger partial charge in [-0.2, -0.15) is 0 Å². The minimum atomic E-state index is 0.801. The molecule has 1 aromatic carbocycles. The lowest BCUT2D eigenvalue weighted by molar-refractivity contribution is 0.415. The average molecular weight is 135 g/mol. The highest BCUT2D eigenvalue weighted by Crippen LogP contribution is 2.15. The van der Waals surface area contributed by atoms with Crippen molar-refractivity contribution in [2.45, 2.75) is 0 Å². The molecule has 0 fully saturated rings. The molecule has 0 aliphatic heterocycles. The first-order valence-electron chi connectivity index (χ1n) is 2.97. The third-order valence-corrected chi connectivity index (χ3v) is 1.24. The van der Waals surface area contributed by atoms with Crippen LogP contribution in [-0.2, 0) is 0 Å². The third kappa shape index (κ3) is 1.41. The predicted octanol–water partition coefficient (Wildman–Crippen LogP) is 1.78. The molecule has 2 radical (unpaired) electrons. The van der Waals surface area contributed by atoms with Gasteiger partial charge in [0, 0.05) is 11.8 Å². The van der Waals surface area contributed by atoms with Crippen LogP contribution in [0.15, 0.2) is 24.3 Å². The van der Waals surface area contributed by atoms with Crippen molar-refractivity contribution in [1.29, 1.82) is 0 Å². The van der Waals surface area contributed by atoms with Crippen molar-refractivity contribution in [3.05, 3.63) is 31.3 Å². The van der Waals surface area contributed by atoms with E-state index < -0.39 is 0 Å². The molecule has 0 aromatic heterocycles. The summed E-state index contributed by atoms with van der Waals surface area (Å²) in [6.07, 6.45) is 0. The van der Waals surface area contributed by atoms with Crippen LogP contribution in [0.25, 0.3) is 0 Å². The SMILES string of the molecule is [CH]Nc1cccc(OC)c1. The number of hydrogen-bond donors (Lipinski definition) is 1. The van der Waals surface area contributed by atoms with Crippen molar-refractivity contribution >= 4 is 5.69 Å². The zero-order valence-corrected chi connectivity index (χ0v) is 5.79.